The number of hydrogen-bond donors (Lipinski definition) is 0. The van der Waals surface area contributed by atoms with Crippen molar-refractivity contribution in [2.24, 2.45) is 5.41 Å². The molecule has 1 saturated carbocycles. The molecule has 0 aromatic rings. The van der Waals surface area contributed by atoms with Crippen molar-refractivity contribution in [2.45, 2.75) is 19.3 Å². The van der Waals surface area contributed by atoms with E-state index in [1.165, 1.54) is 7.11 Å². The van der Waals surface area contributed by atoms with E-state index in [0.29, 0.717) is 12.2 Å². The van der Waals surface area contributed by atoms with E-state index < -0.39 is 17.5 Å². The molecule has 1 aliphatic carbocycles. The summed E-state index contributed by atoms with van der Waals surface area (Å²) in [5, 5.41) is 0. The molecule has 0 spiro atoms. The summed E-state index contributed by atoms with van der Waals surface area (Å²) in [7, 11) is 0.216. The Balaban J connectivity index is 2.35. The zero-order chi connectivity index (χ0) is 10.6. The lowest BCUT2D eigenvalue weighted by molar-refractivity contribution is -0.141. The fraction of sp³-hybridized carbons (Fsp3) is 0.889. The van der Waals surface area contributed by atoms with Gasteiger partial charge in [0.25, 0.3) is 0 Å². The van der Waals surface area contributed by atoms with Crippen LogP contribution in [0.2, 0.25) is 0 Å². The summed E-state index contributed by atoms with van der Waals surface area (Å²) in [6.45, 7) is -0.555. The first-order valence-electron chi connectivity index (χ1n) is 4.60. The van der Waals surface area contributed by atoms with Crippen LogP contribution in [0.5, 0.6) is 0 Å². The zero-order valence-corrected chi connectivity index (χ0v) is 9.07. The number of esters is 1. The molecule has 14 heavy (non-hydrogen) atoms. The van der Waals surface area contributed by atoms with Crippen LogP contribution in [-0.2, 0) is 20.3 Å². The Morgan fingerprint density at radius 2 is 2.21 bits per heavy atom. The third kappa shape index (κ3) is 3.36. The number of methoxy groups -OCH3 is 1. The van der Waals surface area contributed by atoms with E-state index in [4.69, 9.17) is 0 Å². The van der Waals surface area contributed by atoms with Gasteiger partial charge in [-0.25, -0.2) is 0 Å². The minimum atomic E-state index is -1.13. The molecule has 1 aliphatic rings. The van der Waals surface area contributed by atoms with E-state index in [9.17, 15) is 13.4 Å². The zero-order valence-electron chi connectivity index (χ0n) is 8.25. The van der Waals surface area contributed by atoms with Gasteiger partial charge in [0.05, 0.1) is 19.3 Å². The van der Waals surface area contributed by atoms with Gasteiger partial charge >= 0.3 is 5.97 Å². The van der Waals surface area contributed by atoms with Gasteiger partial charge in [0.15, 0.2) is 0 Å². The average Bonchev–Trinajstić information content (AvgIpc) is 2.85. The number of rotatable bonds is 6. The number of carbonyl (C=O) groups excluding carboxylic acids is 1. The molecule has 1 atom stereocenters. The maximum Gasteiger partial charge on any atom is 0.306 e. The van der Waals surface area contributed by atoms with Crippen LogP contribution in [0.4, 0.5) is 4.39 Å². The highest BCUT2D eigenvalue weighted by atomic mass is 32.2. The number of carbonyl (C=O) groups is 1. The molecular weight excluding hydrogens is 207 g/mol. The Morgan fingerprint density at radius 1 is 1.57 bits per heavy atom. The van der Waals surface area contributed by atoms with Crippen LogP contribution in [-0.4, -0.2) is 35.5 Å². The molecule has 3 nitrogen and oxygen atoms in total. The fourth-order valence-corrected chi connectivity index (χ4v) is 2.82. The molecular formula is C9H15FO3S. The molecule has 1 rings (SSSR count). The molecule has 0 aromatic carbocycles. The third-order valence-electron chi connectivity index (χ3n) is 2.48. The molecule has 0 N–H and O–H groups in total. The van der Waals surface area contributed by atoms with Gasteiger partial charge in [-0.15, -0.1) is 0 Å². The summed E-state index contributed by atoms with van der Waals surface area (Å²) in [6, 6.07) is 0. The van der Waals surface area contributed by atoms with Crippen LogP contribution in [0, 0.1) is 5.41 Å². The molecule has 0 amide bonds. The molecule has 82 valence electrons. The van der Waals surface area contributed by atoms with Crippen LogP contribution in [0.1, 0.15) is 19.3 Å². The van der Waals surface area contributed by atoms with Crippen LogP contribution in [0.15, 0.2) is 0 Å². The largest absolute Gasteiger partial charge is 0.469 e. The monoisotopic (exact) mass is 222 g/mol. The summed E-state index contributed by atoms with van der Waals surface area (Å²) in [6.07, 6.45) is 2.13. The van der Waals surface area contributed by atoms with E-state index in [1.54, 1.807) is 0 Å². The van der Waals surface area contributed by atoms with Gasteiger partial charge in [0, 0.05) is 16.6 Å². The summed E-state index contributed by atoms with van der Waals surface area (Å²) >= 11 is 0. The summed E-state index contributed by atoms with van der Waals surface area (Å²) in [4.78, 5) is 11.0. The Labute approximate surface area is 85.5 Å². The molecule has 0 bridgehead atoms. The Bertz CT molecular complexity index is 238. The van der Waals surface area contributed by atoms with Crippen LogP contribution in [0.3, 0.4) is 0 Å². The lowest BCUT2D eigenvalue weighted by Gasteiger charge is -2.12. The second-order valence-electron chi connectivity index (χ2n) is 3.73. The SMILES string of the molecule is COC(=O)CC1(CS(=O)CCF)CC1. The van der Waals surface area contributed by atoms with Crippen molar-refractivity contribution in [3.05, 3.63) is 0 Å². The van der Waals surface area contributed by atoms with Gasteiger partial charge in [-0.2, -0.15) is 0 Å². The highest BCUT2D eigenvalue weighted by Gasteiger charge is 2.45. The lowest BCUT2D eigenvalue weighted by Crippen LogP contribution is -2.19. The van der Waals surface area contributed by atoms with E-state index in [2.05, 4.69) is 4.74 Å². The van der Waals surface area contributed by atoms with E-state index in [-0.39, 0.29) is 17.1 Å². The van der Waals surface area contributed by atoms with E-state index in [0.717, 1.165) is 12.8 Å². The van der Waals surface area contributed by atoms with Crippen molar-refractivity contribution in [2.75, 3.05) is 25.3 Å². The third-order valence-corrected chi connectivity index (χ3v) is 4.02. The van der Waals surface area contributed by atoms with Gasteiger partial charge in [-0.3, -0.25) is 13.4 Å². The van der Waals surface area contributed by atoms with Crippen molar-refractivity contribution in [1.29, 1.82) is 0 Å². The standard InChI is InChI=1S/C9H15FO3S/c1-13-8(11)6-9(2-3-9)7-14(12)5-4-10/h2-7H2,1H3. The van der Waals surface area contributed by atoms with Crippen molar-refractivity contribution >= 4 is 16.8 Å². The van der Waals surface area contributed by atoms with Crippen molar-refractivity contribution in [3.63, 3.8) is 0 Å². The van der Waals surface area contributed by atoms with Crippen LogP contribution >= 0.6 is 0 Å². The average molecular weight is 222 g/mol. The van der Waals surface area contributed by atoms with E-state index in [1.807, 2.05) is 0 Å². The second-order valence-corrected chi connectivity index (χ2v) is 5.31. The lowest BCUT2D eigenvalue weighted by atomic mass is 10.1. The molecule has 1 fully saturated rings. The van der Waals surface area contributed by atoms with Crippen molar-refractivity contribution in [1.82, 2.24) is 0 Å². The molecule has 0 saturated heterocycles. The number of halogens is 1. The highest BCUT2D eigenvalue weighted by Crippen LogP contribution is 2.49. The highest BCUT2D eigenvalue weighted by molar-refractivity contribution is 7.85. The first kappa shape index (κ1) is 11.6. The number of ether oxygens (including phenoxy) is 1. The normalized spacial score (nSPS) is 20.1. The fourth-order valence-electron chi connectivity index (χ4n) is 1.43. The number of alkyl halides is 1. The molecule has 1 unspecified atom stereocenters. The molecule has 0 heterocycles. The van der Waals surface area contributed by atoms with Gasteiger partial charge in [0.1, 0.15) is 6.67 Å². The van der Waals surface area contributed by atoms with Gasteiger partial charge in [-0.05, 0) is 18.3 Å². The topological polar surface area (TPSA) is 43.4 Å². The van der Waals surface area contributed by atoms with Crippen LogP contribution in [0.25, 0.3) is 0 Å². The van der Waals surface area contributed by atoms with E-state index >= 15 is 0 Å². The first-order valence-corrected chi connectivity index (χ1v) is 6.08. The molecule has 0 aromatic heterocycles. The minimum Gasteiger partial charge on any atom is -0.469 e. The smallest absolute Gasteiger partial charge is 0.306 e. The molecule has 0 radical (unpaired) electrons. The summed E-state index contributed by atoms with van der Waals surface area (Å²) in [5.74, 6) is 0.259. The van der Waals surface area contributed by atoms with Crippen LogP contribution < -0.4 is 0 Å². The summed E-state index contributed by atoms with van der Waals surface area (Å²) in [5.41, 5.74) is -0.146. The predicted molar refractivity (Wildman–Crippen MR) is 52.2 cm³/mol. The number of hydrogen-bond acceptors (Lipinski definition) is 3. The maximum absolute atomic E-state index is 11.9. The molecule has 5 heteroatoms. The van der Waals surface area contributed by atoms with Gasteiger partial charge in [-0.1, -0.05) is 0 Å². The van der Waals surface area contributed by atoms with Gasteiger partial charge in [0.2, 0.25) is 0 Å². The predicted octanol–water partition coefficient (Wildman–Crippen LogP) is 1.05. The first-order chi connectivity index (χ1) is 6.62. The summed E-state index contributed by atoms with van der Waals surface area (Å²) < 4.78 is 27.7. The quantitative estimate of drug-likeness (QED) is 0.631. The maximum atomic E-state index is 11.9. The Hall–Kier alpha value is -0.450. The molecule has 0 aliphatic heterocycles. The van der Waals surface area contributed by atoms with Gasteiger partial charge < -0.3 is 4.74 Å². The Kier molecular flexibility index (Phi) is 4.04. The van der Waals surface area contributed by atoms with Crippen molar-refractivity contribution in [3.8, 4) is 0 Å². The van der Waals surface area contributed by atoms with Crippen molar-refractivity contribution < 1.29 is 18.1 Å². The second kappa shape index (κ2) is 4.87. The Morgan fingerprint density at radius 3 is 2.64 bits per heavy atom. The minimum absolute atomic E-state index is 0.0862.